The average Bonchev–Trinajstić information content (AvgIpc) is 3.02. The number of nitrogens with zero attached hydrogens (tertiary/aromatic N) is 2. The van der Waals surface area contributed by atoms with E-state index >= 15 is 0 Å². The van der Waals surface area contributed by atoms with Gasteiger partial charge in [0.2, 0.25) is 10.0 Å². The Labute approximate surface area is 114 Å². The molecule has 6 heteroatoms. The summed E-state index contributed by atoms with van der Waals surface area (Å²) in [4.78, 5) is 4.46. The molecule has 2 bridgehead atoms. The first-order valence-electron chi connectivity index (χ1n) is 6.83. The van der Waals surface area contributed by atoms with Crippen molar-refractivity contribution >= 4 is 15.8 Å². The lowest BCUT2D eigenvalue weighted by atomic mass is 10.1. The maximum Gasteiger partial charge on any atom is 0.247 e. The number of hydrogen-bond acceptors (Lipinski definition) is 4. The van der Waals surface area contributed by atoms with E-state index in [-0.39, 0.29) is 6.04 Å². The highest BCUT2D eigenvalue weighted by atomic mass is 32.2. The number of sulfonamides is 1. The van der Waals surface area contributed by atoms with Crippen LogP contribution in [0.2, 0.25) is 0 Å². The number of nitrogens with one attached hydrogen (secondary N) is 1. The molecule has 1 aliphatic heterocycles. The molecule has 2 heterocycles. The highest BCUT2D eigenvalue weighted by molar-refractivity contribution is 7.89. The van der Waals surface area contributed by atoms with Gasteiger partial charge in [-0.3, -0.25) is 0 Å². The number of piperidine rings is 1. The Bertz CT molecular complexity index is 573. The Kier molecular flexibility index (Phi) is 3.22. The van der Waals surface area contributed by atoms with Gasteiger partial charge >= 0.3 is 0 Å². The van der Waals surface area contributed by atoms with Gasteiger partial charge in [-0.15, -0.1) is 0 Å². The van der Waals surface area contributed by atoms with Crippen LogP contribution in [0.1, 0.15) is 26.2 Å². The van der Waals surface area contributed by atoms with E-state index < -0.39 is 10.0 Å². The fourth-order valence-corrected chi connectivity index (χ4v) is 5.06. The van der Waals surface area contributed by atoms with Gasteiger partial charge in [0.15, 0.2) is 0 Å². The summed E-state index contributed by atoms with van der Waals surface area (Å²) in [5.41, 5.74) is 0. The van der Waals surface area contributed by atoms with Gasteiger partial charge in [0, 0.05) is 25.3 Å². The fraction of sp³-hybridized carbons (Fsp3) is 0.615. The Hall–Kier alpha value is -1.14. The molecule has 2 aliphatic rings. The maximum atomic E-state index is 12.8. The molecule has 0 radical (unpaired) electrons. The van der Waals surface area contributed by atoms with Crippen LogP contribution in [0.4, 0.5) is 5.82 Å². The smallest absolute Gasteiger partial charge is 0.247 e. The second kappa shape index (κ2) is 4.76. The standard InChI is InChI=1S/C13H19N3O2S/c1-2-14-13-12(4-3-7-15-13)19(17,18)16-9-10-5-6-11(16)8-10/h3-4,7,10-11H,2,5-6,8-9H2,1H3,(H,14,15). The highest BCUT2D eigenvalue weighted by Gasteiger charge is 2.44. The van der Waals surface area contributed by atoms with E-state index in [1.807, 2.05) is 6.92 Å². The molecule has 0 spiro atoms. The molecular formula is C13H19N3O2S. The van der Waals surface area contributed by atoms with E-state index in [0.29, 0.717) is 29.7 Å². The summed E-state index contributed by atoms with van der Waals surface area (Å²) in [5, 5.41) is 3.03. The number of rotatable bonds is 4. The zero-order valence-corrected chi connectivity index (χ0v) is 11.9. The summed E-state index contributed by atoms with van der Waals surface area (Å²) >= 11 is 0. The molecule has 0 amide bonds. The molecule has 3 rings (SSSR count). The normalized spacial score (nSPS) is 26.8. The van der Waals surface area contributed by atoms with Crippen LogP contribution in [0.5, 0.6) is 0 Å². The second-order valence-electron chi connectivity index (χ2n) is 5.29. The molecule has 1 N–H and O–H groups in total. The Morgan fingerprint density at radius 2 is 2.32 bits per heavy atom. The van der Waals surface area contributed by atoms with Crippen LogP contribution in [-0.2, 0) is 10.0 Å². The van der Waals surface area contributed by atoms with Crippen LogP contribution in [0.3, 0.4) is 0 Å². The van der Waals surface area contributed by atoms with Gasteiger partial charge in [-0.1, -0.05) is 0 Å². The number of hydrogen-bond donors (Lipinski definition) is 1. The zero-order chi connectivity index (χ0) is 13.5. The van der Waals surface area contributed by atoms with Crippen molar-refractivity contribution in [2.24, 2.45) is 5.92 Å². The molecule has 2 atom stereocenters. The van der Waals surface area contributed by atoms with Crippen molar-refractivity contribution in [3.63, 3.8) is 0 Å². The van der Waals surface area contributed by atoms with Gasteiger partial charge in [-0.2, -0.15) is 4.31 Å². The van der Waals surface area contributed by atoms with E-state index in [1.165, 1.54) is 6.42 Å². The van der Waals surface area contributed by atoms with Crippen molar-refractivity contribution in [2.75, 3.05) is 18.4 Å². The molecule has 2 unspecified atom stereocenters. The van der Waals surface area contributed by atoms with Crippen LogP contribution < -0.4 is 5.32 Å². The molecule has 2 fully saturated rings. The number of anilines is 1. The third-order valence-electron chi connectivity index (χ3n) is 4.06. The summed E-state index contributed by atoms with van der Waals surface area (Å²) in [6, 6.07) is 3.53. The fourth-order valence-electron chi connectivity index (χ4n) is 3.20. The molecule has 104 valence electrons. The second-order valence-corrected chi connectivity index (χ2v) is 7.15. The molecule has 1 saturated heterocycles. The van der Waals surface area contributed by atoms with Crippen molar-refractivity contribution in [1.82, 2.24) is 9.29 Å². The van der Waals surface area contributed by atoms with Gasteiger partial charge in [-0.05, 0) is 44.2 Å². The van der Waals surface area contributed by atoms with E-state index in [1.54, 1.807) is 22.6 Å². The minimum atomic E-state index is -3.41. The lowest BCUT2D eigenvalue weighted by Crippen LogP contribution is -2.38. The van der Waals surface area contributed by atoms with Crippen LogP contribution in [-0.4, -0.2) is 36.8 Å². The molecule has 1 aromatic heterocycles. The molecule has 19 heavy (non-hydrogen) atoms. The largest absolute Gasteiger partial charge is 0.369 e. The number of pyridine rings is 1. The molecule has 1 aromatic rings. The summed E-state index contributed by atoms with van der Waals surface area (Å²) in [5.74, 6) is 1.02. The molecule has 1 saturated carbocycles. The van der Waals surface area contributed by atoms with Crippen molar-refractivity contribution in [1.29, 1.82) is 0 Å². The lowest BCUT2D eigenvalue weighted by molar-refractivity contribution is 0.333. The summed E-state index contributed by atoms with van der Waals surface area (Å²) in [6.07, 6.45) is 4.81. The van der Waals surface area contributed by atoms with Crippen LogP contribution in [0, 0.1) is 5.92 Å². The summed E-state index contributed by atoms with van der Waals surface area (Å²) in [6.45, 7) is 3.27. The van der Waals surface area contributed by atoms with Gasteiger partial charge in [0.25, 0.3) is 0 Å². The quantitative estimate of drug-likeness (QED) is 0.912. The average molecular weight is 281 g/mol. The van der Waals surface area contributed by atoms with Crippen molar-refractivity contribution in [2.45, 2.75) is 37.1 Å². The topological polar surface area (TPSA) is 62.3 Å². The van der Waals surface area contributed by atoms with Crippen LogP contribution in [0.25, 0.3) is 0 Å². The van der Waals surface area contributed by atoms with Gasteiger partial charge < -0.3 is 5.32 Å². The third-order valence-corrected chi connectivity index (χ3v) is 6.01. The van der Waals surface area contributed by atoms with E-state index in [9.17, 15) is 8.42 Å². The van der Waals surface area contributed by atoms with Gasteiger partial charge in [-0.25, -0.2) is 13.4 Å². The summed E-state index contributed by atoms with van der Waals surface area (Å²) in [7, 11) is -3.41. The molecule has 1 aliphatic carbocycles. The SMILES string of the molecule is CCNc1ncccc1S(=O)(=O)N1CC2CCC1C2. The van der Waals surface area contributed by atoms with Crippen LogP contribution in [0.15, 0.2) is 23.2 Å². The highest BCUT2D eigenvalue weighted by Crippen LogP contribution is 2.41. The van der Waals surface area contributed by atoms with Crippen LogP contribution >= 0.6 is 0 Å². The maximum absolute atomic E-state index is 12.8. The van der Waals surface area contributed by atoms with Gasteiger partial charge in [0.1, 0.15) is 10.7 Å². The first-order valence-corrected chi connectivity index (χ1v) is 8.27. The first-order chi connectivity index (χ1) is 9.13. The number of aromatic nitrogens is 1. The van der Waals surface area contributed by atoms with E-state index in [2.05, 4.69) is 10.3 Å². The Morgan fingerprint density at radius 3 is 2.95 bits per heavy atom. The number of fused-ring (bicyclic) bond motifs is 2. The monoisotopic (exact) mass is 281 g/mol. The predicted octanol–water partition coefficient (Wildman–Crippen LogP) is 1.69. The van der Waals surface area contributed by atoms with Gasteiger partial charge in [0.05, 0.1) is 0 Å². The Morgan fingerprint density at radius 1 is 1.47 bits per heavy atom. The first kappa shape index (κ1) is 12.9. The third kappa shape index (κ3) is 2.12. The minimum Gasteiger partial charge on any atom is -0.369 e. The molecule has 5 nitrogen and oxygen atoms in total. The van der Waals surface area contributed by atoms with E-state index in [4.69, 9.17) is 0 Å². The lowest BCUT2D eigenvalue weighted by Gasteiger charge is -2.26. The molecular weight excluding hydrogens is 262 g/mol. The van der Waals surface area contributed by atoms with E-state index in [0.717, 1.165) is 12.8 Å². The minimum absolute atomic E-state index is 0.199. The molecule has 0 aromatic carbocycles. The van der Waals surface area contributed by atoms with Crippen molar-refractivity contribution < 1.29 is 8.42 Å². The summed E-state index contributed by atoms with van der Waals surface area (Å²) < 4.78 is 27.2. The van der Waals surface area contributed by atoms with Crippen molar-refractivity contribution in [3.8, 4) is 0 Å². The predicted molar refractivity (Wildman–Crippen MR) is 73.4 cm³/mol. The van der Waals surface area contributed by atoms with Crippen molar-refractivity contribution in [3.05, 3.63) is 18.3 Å². The zero-order valence-electron chi connectivity index (χ0n) is 11.0. The Balaban J connectivity index is 1.96.